The number of benzene rings is 2. The first-order valence-electron chi connectivity index (χ1n) is 7.38. The van der Waals surface area contributed by atoms with Crippen molar-refractivity contribution in [2.45, 2.75) is 11.8 Å². The molecular weight excluding hydrogens is 471 g/mol. The van der Waals surface area contributed by atoms with Crippen molar-refractivity contribution in [2.75, 3.05) is 0 Å². The second kappa shape index (κ2) is 7.31. The van der Waals surface area contributed by atoms with Gasteiger partial charge in [-0.25, -0.2) is 12.4 Å². The molecule has 4 nitrogen and oxygen atoms in total. The van der Waals surface area contributed by atoms with Crippen LogP contribution < -0.4 is 0 Å². The Labute approximate surface area is 165 Å². The lowest BCUT2D eigenvalue weighted by Gasteiger charge is -2.11. The first kappa shape index (κ1) is 18.2. The summed E-state index contributed by atoms with van der Waals surface area (Å²) in [6.45, 7) is 1.78. The Morgan fingerprint density at radius 1 is 1.08 bits per heavy atom. The monoisotopic (exact) mass is 484 g/mol. The summed E-state index contributed by atoms with van der Waals surface area (Å²) < 4.78 is 27.9. The zero-order valence-electron chi connectivity index (χ0n) is 13.2. The third-order valence-electron chi connectivity index (χ3n) is 3.58. The molecule has 0 saturated heterocycles. The maximum absolute atomic E-state index is 12.9. The summed E-state index contributed by atoms with van der Waals surface area (Å²) in [6.07, 6.45) is 1.53. The SMILES string of the molecule is CC(=Nc1cc(Cl)ccc1I)c1cccn1S(=O)(=O)c1ccccc1. The lowest BCUT2D eigenvalue weighted by atomic mass is 10.3. The lowest BCUT2D eigenvalue weighted by molar-refractivity contribution is 0.587. The molecule has 0 saturated carbocycles. The molecule has 0 radical (unpaired) electrons. The molecule has 128 valence electrons. The second-order valence-corrected chi connectivity index (χ2v) is 8.71. The van der Waals surface area contributed by atoms with E-state index >= 15 is 0 Å². The van der Waals surface area contributed by atoms with E-state index in [0.29, 0.717) is 22.1 Å². The molecule has 3 rings (SSSR count). The normalized spacial score (nSPS) is 12.4. The number of hydrogen-bond acceptors (Lipinski definition) is 3. The van der Waals surface area contributed by atoms with Crippen molar-refractivity contribution >= 4 is 55.6 Å². The van der Waals surface area contributed by atoms with Crippen molar-refractivity contribution in [3.63, 3.8) is 0 Å². The molecule has 0 aliphatic carbocycles. The lowest BCUT2D eigenvalue weighted by Crippen LogP contribution is -2.17. The van der Waals surface area contributed by atoms with Crippen LogP contribution in [0, 0.1) is 3.57 Å². The fourth-order valence-electron chi connectivity index (χ4n) is 2.37. The summed E-state index contributed by atoms with van der Waals surface area (Å²) in [5.74, 6) is 0. The van der Waals surface area contributed by atoms with Gasteiger partial charge < -0.3 is 0 Å². The van der Waals surface area contributed by atoms with Gasteiger partial charge in [0.05, 0.1) is 22.0 Å². The van der Waals surface area contributed by atoms with Crippen molar-refractivity contribution in [3.8, 4) is 0 Å². The quantitative estimate of drug-likeness (QED) is 0.381. The van der Waals surface area contributed by atoms with E-state index in [-0.39, 0.29) is 4.90 Å². The molecule has 0 N–H and O–H groups in total. The Morgan fingerprint density at radius 2 is 1.80 bits per heavy atom. The highest BCUT2D eigenvalue weighted by Gasteiger charge is 2.20. The van der Waals surface area contributed by atoms with Crippen LogP contribution in [0.2, 0.25) is 5.02 Å². The first-order chi connectivity index (χ1) is 11.9. The Balaban J connectivity index is 2.08. The summed E-state index contributed by atoms with van der Waals surface area (Å²) in [6, 6.07) is 17.2. The predicted molar refractivity (Wildman–Crippen MR) is 109 cm³/mol. The fourth-order valence-corrected chi connectivity index (χ4v) is 4.40. The van der Waals surface area contributed by atoms with Gasteiger partial charge in [-0.2, -0.15) is 0 Å². The second-order valence-electron chi connectivity index (χ2n) is 5.30. The summed E-state index contributed by atoms with van der Waals surface area (Å²) in [5.41, 5.74) is 1.81. The average Bonchev–Trinajstić information content (AvgIpc) is 3.09. The van der Waals surface area contributed by atoms with E-state index in [1.54, 1.807) is 61.5 Å². The molecule has 0 aliphatic rings. The van der Waals surface area contributed by atoms with Gasteiger partial charge in [0.25, 0.3) is 10.0 Å². The van der Waals surface area contributed by atoms with Gasteiger partial charge in [-0.15, -0.1) is 0 Å². The van der Waals surface area contributed by atoms with Crippen LogP contribution in [0.5, 0.6) is 0 Å². The van der Waals surface area contributed by atoms with Gasteiger partial charge in [-0.1, -0.05) is 29.8 Å². The summed E-state index contributed by atoms with van der Waals surface area (Å²) in [4.78, 5) is 4.80. The van der Waals surface area contributed by atoms with Gasteiger partial charge in [0.15, 0.2) is 0 Å². The van der Waals surface area contributed by atoms with Crippen molar-refractivity contribution < 1.29 is 8.42 Å². The third-order valence-corrected chi connectivity index (χ3v) is 6.43. The van der Waals surface area contributed by atoms with E-state index in [2.05, 4.69) is 27.6 Å². The van der Waals surface area contributed by atoms with Crippen molar-refractivity contribution in [1.29, 1.82) is 0 Å². The number of nitrogens with zero attached hydrogens (tertiary/aromatic N) is 2. The zero-order chi connectivity index (χ0) is 18.0. The summed E-state index contributed by atoms with van der Waals surface area (Å²) in [7, 11) is -3.67. The summed E-state index contributed by atoms with van der Waals surface area (Å²) in [5, 5.41) is 0.583. The number of aromatic nitrogens is 1. The maximum Gasteiger partial charge on any atom is 0.268 e. The Bertz CT molecular complexity index is 1040. The van der Waals surface area contributed by atoms with Crippen molar-refractivity contribution in [1.82, 2.24) is 3.97 Å². The highest BCUT2D eigenvalue weighted by molar-refractivity contribution is 14.1. The van der Waals surface area contributed by atoms with Crippen LogP contribution in [0.25, 0.3) is 0 Å². The van der Waals surface area contributed by atoms with Crippen LogP contribution in [0.15, 0.2) is 76.7 Å². The molecule has 2 aromatic carbocycles. The van der Waals surface area contributed by atoms with Gasteiger partial charge in [-0.3, -0.25) is 4.99 Å². The Kier molecular flexibility index (Phi) is 5.31. The molecule has 0 bridgehead atoms. The minimum atomic E-state index is -3.67. The molecule has 0 unspecified atom stereocenters. The van der Waals surface area contributed by atoms with Crippen LogP contribution in [-0.2, 0) is 10.0 Å². The number of rotatable bonds is 4. The average molecular weight is 485 g/mol. The highest BCUT2D eigenvalue weighted by atomic mass is 127. The molecule has 0 spiro atoms. The van der Waals surface area contributed by atoms with Crippen LogP contribution in [0.1, 0.15) is 12.6 Å². The minimum absolute atomic E-state index is 0.234. The third kappa shape index (κ3) is 3.80. The van der Waals surface area contributed by atoms with E-state index in [9.17, 15) is 8.42 Å². The number of hydrogen-bond donors (Lipinski definition) is 0. The topological polar surface area (TPSA) is 51.4 Å². The van der Waals surface area contributed by atoms with Crippen LogP contribution in [0.3, 0.4) is 0 Å². The van der Waals surface area contributed by atoms with Crippen molar-refractivity contribution in [3.05, 3.63) is 81.1 Å². The van der Waals surface area contributed by atoms with E-state index in [1.807, 2.05) is 6.07 Å². The standard InChI is InChI=1S/C18H14ClIN2O2S/c1-13(21-17-12-14(19)9-10-16(17)20)18-8-5-11-22(18)25(23,24)15-6-3-2-4-7-15/h2-12H,1H3. The largest absolute Gasteiger partial charge is 0.268 e. The smallest absolute Gasteiger partial charge is 0.250 e. The minimum Gasteiger partial charge on any atom is -0.250 e. The fraction of sp³-hybridized carbons (Fsp3) is 0.0556. The van der Waals surface area contributed by atoms with Crippen LogP contribution >= 0.6 is 34.2 Å². The summed E-state index contributed by atoms with van der Waals surface area (Å²) >= 11 is 8.21. The van der Waals surface area contributed by atoms with Crippen LogP contribution in [-0.4, -0.2) is 18.1 Å². The Hall–Kier alpha value is -1.64. The first-order valence-corrected chi connectivity index (χ1v) is 10.3. The molecule has 25 heavy (non-hydrogen) atoms. The molecule has 1 aromatic heterocycles. The van der Waals surface area contributed by atoms with E-state index in [0.717, 1.165) is 3.57 Å². The molecule has 0 atom stereocenters. The highest BCUT2D eigenvalue weighted by Crippen LogP contribution is 2.26. The predicted octanol–water partition coefficient (Wildman–Crippen LogP) is 5.12. The molecule has 1 heterocycles. The zero-order valence-corrected chi connectivity index (χ0v) is 17.0. The molecule has 7 heteroatoms. The van der Waals surface area contributed by atoms with E-state index < -0.39 is 10.0 Å². The van der Waals surface area contributed by atoms with Gasteiger partial charge in [0.2, 0.25) is 0 Å². The van der Waals surface area contributed by atoms with Gasteiger partial charge in [0.1, 0.15) is 0 Å². The molecule has 3 aromatic rings. The van der Waals surface area contributed by atoms with E-state index in [4.69, 9.17) is 11.6 Å². The maximum atomic E-state index is 12.9. The van der Waals surface area contributed by atoms with Crippen LogP contribution in [0.4, 0.5) is 5.69 Å². The number of halogens is 2. The van der Waals surface area contributed by atoms with Gasteiger partial charge in [-0.05, 0) is 72.0 Å². The Morgan fingerprint density at radius 3 is 2.52 bits per heavy atom. The molecule has 0 fully saturated rings. The molecule has 0 amide bonds. The molecule has 0 aliphatic heterocycles. The molecular formula is C18H14ClIN2O2S. The van der Waals surface area contributed by atoms with Gasteiger partial charge >= 0.3 is 0 Å². The number of aliphatic imine (C=N–C) groups is 1. The van der Waals surface area contributed by atoms with Crippen molar-refractivity contribution in [2.24, 2.45) is 4.99 Å². The van der Waals surface area contributed by atoms with Gasteiger partial charge in [0, 0.05) is 14.8 Å². The van der Waals surface area contributed by atoms with E-state index in [1.165, 1.54) is 10.2 Å².